The van der Waals surface area contributed by atoms with Crippen molar-refractivity contribution >= 4 is 5.91 Å². The second-order valence-electron chi connectivity index (χ2n) is 3.74. The number of nitrogens with one attached hydrogen (secondary N) is 3. The van der Waals surface area contributed by atoms with Crippen molar-refractivity contribution in [3.05, 3.63) is 12.2 Å². The molecule has 0 unspecified atom stereocenters. The molecule has 1 aliphatic heterocycles. The lowest BCUT2D eigenvalue weighted by molar-refractivity contribution is 0.0934. The zero-order chi connectivity index (χ0) is 10.5. The molecule has 6 heteroatoms. The van der Waals surface area contributed by atoms with Gasteiger partial charge in [0.15, 0.2) is 0 Å². The van der Waals surface area contributed by atoms with E-state index in [4.69, 9.17) is 0 Å². The van der Waals surface area contributed by atoms with Crippen molar-refractivity contribution in [1.82, 2.24) is 25.8 Å². The number of rotatable bonds is 3. The van der Waals surface area contributed by atoms with Crippen molar-refractivity contribution in [3.63, 3.8) is 0 Å². The Morgan fingerprint density at radius 2 is 2.33 bits per heavy atom. The number of nitrogens with zero attached hydrogens (tertiary/aromatic N) is 2. The fraction of sp³-hybridized carbons (Fsp3) is 0.667. The summed E-state index contributed by atoms with van der Waals surface area (Å²) in [4.78, 5) is 15.3. The molecule has 2 heterocycles. The molecule has 82 valence electrons. The highest BCUT2D eigenvalue weighted by atomic mass is 16.2. The van der Waals surface area contributed by atoms with Crippen LogP contribution < -0.4 is 10.6 Å². The van der Waals surface area contributed by atoms with Crippen molar-refractivity contribution in [2.75, 3.05) is 19.6 Å². The van der Waals surface area contributed by atoms with Crippen LogP contribution >= 0.6 is 0 Å². The lowest BCUT2D eigenvalue weighted by atomic mass is 9.98. The molecule has 0 saturated carbocycles. The summed E-state index contributed by atoms with van der Waals surface area (Å²) in [6.45, 7) is 2.81. The Hall–Kier alpha value is -1.43. The maximum Gasteiger partial charge on any atom is 0.288 e. The largest absolute Gasteiger partial charge is 0.349 e. The van der Waals surface area contributed by atoms with Gasteiger partial charge in [-0.05, 0) is 31.8 Å². The Bertz CT molecular complexity index is 304. The van der Waals surface area contributed by atoms with Gasteiger partial charge in [0.25, 0.3) is 5.91 Å². The van der Waals surface area contributed by atoms with Crippen molar-refractivity contribution in [1.29, 1.82) is 0 Å². The molecule has 0 atom stereocenters. The van der Waals surface area contributed by atoms with Gasteiger partial charge in [-0.25, -0.2) is 4.98 Å². The highest BCUT2D eigenvalue weighted by molar-refractivity contribution is 5.90. The van der Waals surface area contributed by atoms with Crippen LogP contribution in [0.3, 0.4) is 0 Å². The molecule has 1 fully saturated rings. The molecule has 1 saturated heterocycles. The first-order valence-corrected chi connectivity index (χ1v) is 5.20. The van der Waals surface area contributed by atoms with Crippen LogP contribution in [0.1, 0.15) is 23.5 Å². The molecular weight excluding hydrogens is 194 g/mol. The molecule has 0 radical (unpaired) electrons. The first kappa shape index (κ1) is 10.1. The summed E-state index contributed by atoms with van der Waals surface area (Å²) in [5.41, 5.74) is 0. The molecule has 0 bridgehead atoms. The van der Waals surface area contributed by atoms with Crippen molar-refractivity contribution < 1.29 is 4.79 Å². The number of aromatic nitrogens is 3. The predicted octanol–water partition coefficient (Wildman–Crippen LogP) is -0.466. The van der Waals surface area contributed by atoms with E-state index in [2.05, 4.69) is 25.8 Å². The van der Waals surface area contributed by atoms with Gasteiger partial charge in [-0.3, -0.25) is 9.89 Å². The number of hydrogen-bond donors (Lipinski definition) is 3. The van der Waals surface area contributed by atoms with E-state index in [0.717, 1.165) is 32.5 Å². The Morgan fingerprint density at radius 1 is 1.53 bits per heavy atom. The first-order chi connectivity index (χ1) is 7.36. The zero-order valence-electron chi connectivity index (χ0n) is 8.49. The lowest BCUT2D eigenvalue weighted by Crippen LogP contribution is -2.36. The van der Waals surface area contributed by atoms with Crippen LogP contribution in [-0.4, -0.2) is 40.7 Å². The minimum atomic E-state index is -0.175. The highest BCUT2D eigenvalue weighted by Gasteiger charge is 2.15. The molecule has 0 aromatic carbocycles. The predicted molar refractivity (Wildman–Crippen MR) is 54.3 cm³/mol. The molecular formula is C9H15N5O. The smallest absolute Gasteiger partial charge is 0.288 e. The van der Waals surface area contributed by atoms with E-state index >= 15 is 0 Å². The van der Waals surface area contributed by atoms with Crippen LogP contribution in [0.2, 0.25) is 0 Å². The summed E-state index contributed by atoms with van der Waals surface area (Å²) >= 11 is 0. The lowest BCUT2D eigenvalue weighted by Gasteiger charge is -2.22. The molecule has 6 nitrogen and oxygen atoms in total. The third-order valence-electron chi connectivity index (χ3n) is 2.64. The van der Waals surface area contributed by atoms with Crippen LogP contribution in [0.5, 0.6) is 0 Å². The van der Waals surface area contributed by atoms with E-state index in [1.54, 1.807) is 0 Å². The number of carbonyl (C=O) groups excluding carboxylic acids is 1. The second-order valence-corrected chi connectivity index (χ2v) is 3.74. The summed E-state index contributed by atoms with van der Waals surface area (Å²) in [6, 6.07) is 0. The van der Waals surface area contributed by atoms with E-state index in [0.29, 0.717) is 5.92 Å². The quantitative estimate of drug-likeness (QED) is 0.628. The molecule has 1 aromatic heterocycles. The van der Waals surface area contributed by atoms with E-state index in [1.807, 2.05) is 0 Å². The van der Waals surface area contributed by atoms with Crippen LogP contribution in [0.4, 0.5) is 0 Å². The van der Waals surface area contributed by atoms with Gasteiger partial charge in [-0.15, -0.1) is 0 Å². The third kappa shape index (κ3) is 2.76. The fourth-order valence-electron chi connectivity index (χ4n) is 1.72. The topological polar surface area (TPSA) is 82.7 Å². The van der Waals surface area contributed by atoms with Gasteiger partial charge >= 0.3 is 0 Å². The third-order valence-corrected chi connectivity index (χ3v) is 2.64. The minimum Gasteiger partial charge on any atom is -0.349 e. The van der Waals surface area contributed by atoms with Crippen LogP contribution in [-0.2, 0) is 0 Å². The molecule has 0 aliphatic carbocycles. The maximum absolute atomic E-state index is 11.5. The van der Waals surface area contributed by atoms with Crippen LogP contribution in [0, 0.1) is 5.92 Å². The van der Waals surface area contributed by atoms with E-state index in [9.17, 15) is 4.79 Å². The number of piperidine rings is 1. The second kappa shape index (κ2) is 4.88. The molecule has 1 aliphatic rings. The zero-order valence-corrected chi connectivity index (χ0v) is 8.49. The maximum atomic E-state index is 11.5. The number of hydrogen-bond acceptors (Lipinski definition) is 4. The summed E-state index contributed by atoms with van der Waals surface area (Å²) < 4.78 is 0. The van der Waals surface area contributed by atoms with Gasteiger partial charge in [0.2, 0.25) is 5.82 Å². The fourth-order valence-corrected chi connectivity index (χ4v) is 1.72. The summed E-state index contributed by atoms with van der Waals surface area (Å²) in [7, 11) is 0. The standard InChI is InChI=1S/C9H15N5O/c15-9(8-12-6-13-14-8)11-5-7-1-3-10-4-2-7/h6-7,10H,1-5H2,(H,11,15)(H,12,13,14). The monoisotopic (exact) mass is 209 g/mol. The molecule has 15 heavy (non-hydrogen) atoms. The van der Waals surface area contributed by atoms with Gasteiger partial charge in [0.1, 0.15) is 6.33 Å². The van der Waals surface area contributed by atoms with Gasteiger partial charge in [0.05, 0.1) is 0 Å². The molecule has 2 rings (SSSR count). The van der Waals surface area contributed by atoms with Crippen molar-refractivity contribution in [2.45, 2.75) is 12.8 Å². The van der Waals surface area contributed by atoms with E-state index in [1.165, 1.54) is 6.33 Å². The number of aromatic amines is 1. The van der Waals surface area contributed by atoms with E-state index in [-0.39, 0.29) is 11.7 Å². The van der Waals surface area contributed by atoms with Gasteiger partial charge < -0.3 is 10.6 Å². The first-order valence-electron chi connectivity index (χ1n) is 5.20. The average molecular weight is 209 g/mol. The van der Waals surface area contributed by atoms with Crippen LogP contribution in [0.25, 0.3) is 0 Å². The van der Waals surface area contributed by atoms with Crippen molar-refractivity contribution in [2.24, 2.45) is 5.92 Å². The molecule has 3 N–H and O–H groups in total. The Labute approximate surface area is 87.9 Å². The SMILES string of the molecule is O=C(NCC1CCNCC1)c1ncn[nH]1. The highest BCUT2D eigenvalue weighted by Crippen LogP contribution is 2.09. The van der Waals surface area contributed by atoms with E-state index < -0.39 is 0 Å². The Morgan fingerprint density at radius 3 is 3.00 bits per heavy atom. The molecule has 0 spiro atoms. The van der Waals surface area contributed by atoms with Gasteiger partial charge in [-0.2, -0.15) is 5.10 Å². The molecule has 1 aromatic rings. The number of carbonyl (C=O) groups is 1. The summed E-state index contributed by atoms with van der Waals surface area (Å²) in [5.74, 6) is 0.688. The summed E-state index contributed by atoms with van der Waals surface area (Å²) in [5, 5.41) is 12.3. The summed E-state index contributed by atoms with van der Waals surface area (Å²) in [6.07, 6.45) is 3.58. The van der Waals surface area contributed by atoms with Gasteiger partial charge in [0, 0.05) is 6.54 Å². The Kier molecular flexibility index (Phi) is 3.29. The van der Waals surface area contributed by atoms with Gasteiger partial charge in [-0.1, -0.05) is 0 Å². The Balaban J connectivity index is 1.75. The minimum absolute atomic E-state index is 0.175. The van der Waals surface area contributed by atoms with Crippen LogP contribution in [0.15, 0.2) is 6.33 Å². The number of H-pyrrole nitrogens is 1. The number of amides is 1. The molecule has 1 amide bonds. The average Bonchev–Trinajstić information content (AvgIpc) is 2.81. The van der Waals surface area contributed by atoms with Crippen molar-refractivity contribution in [3.8, 4) is 0 Å². The normalized spacial score (nSPS) is 17.6.